The maximum Gasteiger partial charge on any atom is 0.257 e. The van der Waals surface area contributed by atoms with E-state index in [1.807, 2.05) is 37.3 Å². The second kappa shape index (κ2) is 8.45. The molecule has 0 spiro atoms. The summed E-state index contributed by atoms with van der Waals surface area (Å²) in [5.74, 6) is 0.157. The molecular weight excluding hydrogens is 336 g/mol. The van der Waals surface area contributed by atoms with Crippen LogP contribution in [0.5, 0.6) is 0 Å². The highest BCUT2D eigenvalue weighted by molar-refractivity contribution is 6.05. The van der Waals surface area contributed by atoms with Crippen LogP contribution in [0.3, 0.4) is 0 Å². The van der Waals surface area contributed by atoms with Crippen molar-refractivity contribution < 1.29 is 4.79 Å². The van der Waals surface area contributed by atoms with Crippen molar-refractivity contribution in [3.8, 4) is 0 Å². The van der Waals surface area contributed by atoms with E-state index in [9.17, 15) is 4.79 Å². The number of nitrogens with one attached hydrogen (secondary N) is 2. The van der Waals surface area contributed by atoms with Gasteiger partial charge in [0.15, 0.2) is 0 Å². The average Bonchev–Trinajstić information content (AvgIpc) is 2.68. The van der Waals surface area contributed by atoms with Crippen molar-refractivity contribution in [1.82, 2.24) is 9.97 Å². The van der Waals surface area contributed by atoms with Crippen LogP contribution in [0.15, 0.2) is 61.1 Å². The summed E-state index contributed by atoms with van der Waals surface area (Å²) < 4.78 is 0. The van der Waals surface area contributed by atoms with Gasteiger partial charge in [-0.05, 0) is 42.2 Å². The second-order valence-corrected chi connectivity index (χ2v) is 6.78. The van der Waals surface area contributed by atoms with E-state index < -0.39 is 0 Å². The Bertz CT molecular complexity index is 923. The standard InChI is InChI=1S/C22H24N4O/c1-15(2)20-9-6-7-16(3)21(20)26-22(27)17-11-19(13-23-12-17)25-14-18-8-4-5-10-24-18/h4-13,15,25H,14H2,1-3H3,(H,26,27). The van der Waals surface area contributed by atoms with Crippen LogP contribution in [0.2, 0.25) is 0 Å². The minimum atomic E-state index is -0.166. The highest BCUT2D eigenvalue weighted by Gasteiger charge is 2.14. The number of nitrogens with zero attached hydrogens (tertiary/aromatic N) is 2. The molecule has 0 aliphatic rings. The van der Waals surface area contributed by atoms with Crippen molar-refractivity contribution in [1.29, 1.82) is 0 Å². The lowest BCUT2D eigenvalue weighted by molar-refractivity contribution is 0.102. The molecule has 0 radical (unpaired) electrons. The molecule has 0 saturated carbocycles. The summed E-state index contributed by atoms with van der Waals surface area (Å²) in [5, 5.41) is 6.31. The number of carbonyl (C=O) groups excluding carboxylic acids is 1. The molecule has 1 aromatic carbocycles. The second-order valence-electron chi connectivity index (χ2n) is 6.78. The van der Waals surface area contributed by atoms with Crippen molar-refractivity contribution >= 4 is 17.3 Å². The molecule has 3 rings (SSSR count). The monoisotopic (exact) mass is 360 g/mol. The predicted octanol–water partition coefficient (Wildman–Crippen LogP) is 4.77. The molecule has 5 heteroatoms. The summed E-state index contributed by atoms with van der Waals surface area (Å²) in [6.07, 6.45) is 5.04. The van der Waals surface area contributed by atoms with Crippen molar-refractivity contribution in [2.24, 2.45) is 0 Å². The quantitative estimate of drug-likeness (QED) is 0.664. The molecule has 5 nitrogen and oxygen atoms in total. The van der Waals surface area contributed by atoms with Crippen molar-refractivity contribution in [3.05, 3.63) is 83.4 Å². The van der Waals surface area contributed by atoms with E-state index in [0.717, 1.165) is 28.2 Å². The first kappa shape index (κ1) is 18.6. The predicted molar refractivity (Wildman–Crippen MR) is 109 cm³/mol. The van der Waals surface area contributed by atoms with Crippen molar-refractivity contribution in [3.63, 3.8) is 0 Å². The number of aromatic nitrogens is 2. The van der Waals surface area contributed by atoms with Gasteiger partial charge < -0.3 is 10.6 Å². The molecule has 0 fully saturated rings. The Kier molecular flexibility index (Phi) is 5.81. The van der Waals surface area contributed by atoms with Gasteiger partial charge in [0, 0.05) is 24.3 Å². The number of hydrogen-bond acceptors (Lipinski definition) is 4. The largest absolute Gasteiger partial charge is 0.378 e. The zero-order valence-electron chi connectivity index (χ0n) is 15.9. The van der Waals surface area contributed by atoms with Gasteiger partial charge in [-0.15, -0.1) is 0 Å². The fourth-order valence-electron chi connectivity index (χ4n) is 2.88. The van der Waals surface area contributed by atoms with Gasteiger partial charge >= 0.3 is 0 Å². The molecule has 0 bridgehead atoms. The Labute approximate surface area is 159 Å². The summed E-state index contributed by atoms with van der Waals surface area (Å²) in [4.78, 5) is 21.3. The van der Waals surface area contributed by atoms with Crippen LogP contribution in [0, 0.1) is 6.92 Å². The fourth-order valence-corrected chi connectivity index (χ4v) is 2.88. The molecule has 1 amide bonds. The SMILES string of the molecule is Cc1cccc(C(C)C)c1NC(=O)c1cncc(NCc2ccccn2)c1. The first-order valence-electron chi connectivity index (χ1n) is 9.04. The van der Waals surface area contributed by atoms with E-state index in [1.165, 1.54) is 0 Å². The molecule has 27 heavy (non-hydrogen) atoms. The van der Waals surface area contributed by atoms with Crippen molar-refractivity contribution in [2.75, 3.05) is 10.6 Å². The van der Waals surface area contributed by atoms with Crippen LogP contribution in [-0.4, -0.2) is 15.9 Å². The molecule has 0 aliphatic heterocycles. The zero-order valence-corrected chi connectivity index (χ0v) is 15.9. The topological polar surface area (TPSA) is 66.9 Å². The molecule has 2 heterocycles. The maximum atomic E-state index is 12.8. The molecule has 0 saturated heterocycles. The normalized spacial score (nSPS) is 10.7. The van der Waals surface area contributed by atoms with Crippen LogP contribution in [0.4, 0.5) is 11.4 Å². The Morgan fingerprint density at radius 3 is 2.70 bits per heavy atom. The van der Waals surface area contributed by atoms with Gasteiger partial charge in [0.2, 0.25) is 0 Å². The minimum Gasteiger partial charge on any atom is -0.378 e. The highest BCUT2D eigenvalue weighted by atomic mass is 16.1. The first-order valence-corrected chi connectivity index (χ1v) is 9.04. The number of amides is 1. The summed E-state index contributed by atoms with van der Waals surface area (Å²) in [6.45, 7) is 6.82. The summed E-state index contributed by atoms with van der Waals surface area (Å²) in [6, 6.07) is 13.7. The highest BCUT2D eigenvalue weighted by Crippen LogP contribution is 2.28. The molecule has 138 valence electrons. The molecule has 0 atom stereocenters. The summed E-state index contributed by atoms with van der Waals surface area (Å²) in [5.41, 5.74) is 5.27. The Morgan fingerprint density at radius 1 is 1.11 bits per heavy atom. The molecule has 2 N–H and O–H groups in total. The molecule has 3 aromatic rings. The average molecular weight is 360 g/mol. The van der Waals surface area contributed by atoms with Crippen LogP contribution in [0.1, 0.15) is 46.9 Å². The molecule has 2 aromatic heterocycles. The lowest BCUT2D eigenvalue weighted by Gasteiger charge is -2.16. The minimum absolute atomic E-state index is 0.166. The third-order valence-electron chi connectivity index (χ3n) is 4.37. The van der Waals surface area contributed by atoms with Crippen LogP contribution in [-0.2, 0) is 6.54 Å². The van der Waals surface area contributed by atoms with E-state index >= 15 is 0 Å². The third-order valence-corrected chi connectivity index (χ3v) is 4.37. The summed E-state index contributed by atoms with van der Waals surface area (Å²) in [7, 11) is 0. The number of pyridine rings is 2. The number of para-hydroxylation sites is 1. The Balaban J connectivity index is 1.74. The fraction of sp³-hybridized carbons (Fsp3) is 0.227. The Morgan fingerprint density at radius 2 is 1.96 bits per heavy atom. The number of benzene rings is 1. The lowest BCUT2D eigenvalue weighted by atomic mass is 9.98. The number of anilines is 2. The van der Waals surface area contributed by atoms with Gasteiger partial charge in [0.1, 0.15) is 0 Å². The maximum absolute atomic E-state index is 12.8. The van der Waals surface area contributed by atoms with Gasteiger partial charge in [0.25, 0.3) is 5.91 Å². The molecular formula is C22H24N4O. The Hall–Kier alpha value is -3.21. The van der Waals surface area contributed by atoms with Crippen LogP contribution < -0.4 is 10.6 Å². The first-order chi connectivity index (χ1) is 13.0. The summed E-state index contributed by atoms with van der Waals surface area (Å²) >= 11 is 0. The molecule has 0 unspecified atom stereocenters. The van der Waals surface area contributed by atoms with E-state index in [1.54, 1.807) is 24.7 Å². The van der Waals surface area contributed by atoms with E-state index in [4.69, 9.17) is 0 Å². The third kappa shape index (κ3) is 4.70. The van der Waals surface area contributed by atoms with E-state index in [0.29, 0.717) is 18.0 Å². The van der Waals surface area contributed by atoms with Gasteiger partial charge in [0.05, 0.1) is 23.5 Å². The molecule has 0 aliphatic carbocycles. The number of carbonyl (C=O) groups is 1. The van der Waals surface area contributed by atoms with Gasteiger partial charge in [-0.3, -0.25) is 14.8 Å². The van der Waals surface area contributed by atoms with Gasteiger partial charge in [-0.25, -0.2) is 0 Å². The lowest BCUT2D eigenvalue weighted by Crippen LogP contribution is -2.15. The van der Waals surface area contributed by atoms with Crippen molar-refractivity contribution in [2.45, 2.75) is 33.2 Å². The number of aryl methyl sites for hydroxylation is 1. The van der Waals surface area contributed by atoms with Gasteiger partial charge in [-0.1, -0.05) is 38.1 Å². The van der Waals surface area contributed by atoms with Crippen LogP contribution in [0.25, 0.3) is 0 Å². The van der Waals surface area contributed by atoms with E-state index in [-0.39, 0.29) is 5.91 Å². The van der Waals surface area contributed by atoms with Gasteiger partial charge in [-0.2, -0.15) is 0 Å². The smallest absolute Gasteiger partial charge is 0.257 e. The number of rotatable bonds is 6. The zero-order chi connectivity index (χ0) is 19.2. The van der Waals surface area contributed by atoms with E-state index in [2.05, 4.69) is 40.5 Å². The number of hydrogen-bond donors (Lipinski definition) is 2. The van der Waals surface area contributed by atoms with Crippen LogP contribution >= 0.6 is 0 Å².